The van der Waals surface area contributed by atoms with Gasteiger partial charge in [-0.25, -0.2) is 14.4 Å². The molecule has 8 nitrogen and oxygen atoms in total. The molecule has 1 amide bonds. The van der Waals surface area contributed by atoms with E-state index in [2.05, 4.69) is 20.4 Å². The molecule has 0 aliphatic heterocycles. The molecule has 0 spiro atoms. The van der Waals surface area contributed by atoms with E-state index in [4.69, 9.17) is 10.5 Å². The van der Waals surface area contributed by atoms with E-state index in [1.165, 1.54) is 19.2 Å². The molecule has 0 bridgehead atoms. The van der Waals surface area contributed by atoms with Gasteiger partial charge in [0.25, 0.3) is 5.91 Å². The highest BCUT2D eigenvalue weighted by Gasteiger charge is 2.21. The Morgan fingerprint density at radius 3 is 2.73 bits per heavy atom. The number of benzene rings is 1. The molecule has 4 rings (SSSR count). The Bertz CT molecular complexity index is 1240. The average molecular weight is 406 g/mol. The van der Waals surface area contributed by atoms with E-state index in [1.54, 1.807) is 54.6 Å². The van der Waals surface area contributed by atoms with Crippen LogP contribution in [0.15, 0.2) is 55.0 Å². The number of methoxy groups -OCH3 is 1. The summed E-state index contributed by atoms with van der Waals surface area (Å²) < 4.78 is 20.9. The highest BCUT2D eigenvalue weighted by atomic mass is 19.1. The van der Waals surface area contributed by atoms with Crippen molar-refractivity contribution in [1.29, 1.82) is 0 Å². The number of nitrogens with one attached hydrogen (secondary N) is 1. The average Bonchev–Trinajstić information content (AvgIpc) is 3.17. The van der Waals surface area contributed by atoms with Crippen LogP contribution in [0.4, 0.5) is 10.2 Å². The number of fused-ring (bicyclic) bond motifs is 1. The van der Waals surface area contributed by atoms with Crippen LogP contribution in [0.2, 0.25) is 0 Å². The Balaban J connectivity index is 1.69. The fourth-order valence-corrected chi connectivity index (χ4v) is 3.17. The Kier molecular flexibility index (Phi) is 5.01. The van der Waals surface area contributed by atoms with Gasteiger partial charge in [-0.1, -0.05) is 6.07 Å². The summed E-state index contributed by atoms with van der Waals surface area (Å²) in [6.07, 6.45) is 4.97. The third kappa shape index (κ3) is 3.77. The number of hydrogen-bond acceptors (Lipinski definition) is 6. The fourth-order valence-electron chi connectivity index (χ4n) is 3.17. The molecular formula is C21H19FN6O2. The van der Waals surface area contributed by atoms with Crippen LogP contribution in [0, 0.1) is 5.82 Å². The van der Waals surface area contributed by atoms with Crippen molar-refractivity contribution < 1.29 is 13.9 Å². The van der Waals surface area contributed by atoms with Crippen LogP contribution in [0.1, 0.15) is 27.7 Å². The number of nitrogen functional groups attached to an aromatic ring is 1. The summed E-state index contributed by atoms with van der Waals surface area (Å²) >= 11 is 0. The third-order valence-corrected chi connectivity index (χ3v) is 4.67. The van der Waals surface area contributed by atoms with Gasteiger partial charge < -0.3 is 15.8 Å². The molecule has 30 heavy (non-hydrogen) atoms. The minimum Gasteiger partial charge on any atom is -0.494 e. The van der Waals surface area contributed by atoms with Gasteiger partial charge in [-0.2, -0.15) is 5.10 Å². The zero-order valence-corrected chi connectivity index (χ0v) is 16.3. The maximum Gasteiger partial charge on any atom is 0.270 e. The Hall–Kier alpha value is -4.01. The minimum absolute atomic E-state index is 0.123. The molecular weight excluding hydrogens is 387 g/mol. The second kappa shape index (κ2) is 7.78. The normalized spacial score (nSPS) is 12.0. The second-order valence-corrected chi connectivity index (χ2v) is 6.75. The number of carbonyl (C=O) groups excluding carboxylic acids is 1. The van der Waals surface area contributed by atoms with Gasteiger partial charge in [0, 0.05) is 36.5 Å². The van der Waals surface area contributed by atoms with Gasteiger partial charge >= 0.3 is 0 Å². The summed E-state index contributed by atoms with van der Waals surface area (Å²) in [6, 6.07) is 8.86. The summed E-state index contributed by atoms with van der Waals surface area (Å²) in [5.41, 5.74) is 7.72. The molecule has 0 saturated carbocycles. The largest absolute Gasteiger partial charge is 0.494 e. The third-order valence-electron chi connectivity index (χ3n) is 4.67. The molecule has 4 aromatic rings. The predicted molar refractivity (Wildman–Crippen MR) is 109 cm³/mol. The number of anilines is 1. The number of nitrogens with two attached hydrogens (primary N) is 1. The number of hydrogen-bond donors (Lipinski definition) is 2. The van der Waals surface area contributed by atoms with E-state index in [0.29, 0.717) is 22.5 Å². The molecule has 0 aliphatic carbocycles. The number of rotatable bonds is 5. The standard InChI is InChI=1S/C21H19FN6O2/c1-28-11-14(10-25-28)20(12-4-6-18(30-2)15(22)7-12)27-21(29)16-5-3-13-9-24-19(23)8-17(13)26-16/h3-11,20H,1-2H3,(H2,23,24)(H,27,29). The lowest BCUT2D eigenvalue weighted by Crippen LogP contribution is -2.30. The SMILES string of the molecule is COc1ccc(C(NC(=O)c2ccc3cnc(N)cc3n2)c2cnn(C)c2)cc1F. The van der Waals surface area contributed by atoms with Crippen LogP contribution in [-0.4, -0.2) is 32.8 Å². The Morgan fingerprint density at radius 1 is 1.20 bits per heavy atom. The fraction of sp³-hybridized carbons (Fsp3) is 0.143. The highest BCUT2D eigenvalue weighted by Crippen LogP contribution is 2.27. The summed E-state index contributed by atoms with van der Waals surface area (Å²) in [7, 11) is 3.16. The molecule has 3 aromatic heterocycles. The van der Waals surface area contributed by atoms with E-state index in [0.717, 1.165) is 5.39 Å². The number of aromatic nitrogens is 4. The van der Waals surface area contributed by atoms with E-state index in [-0.39, 0.29) is 11.4 Å². The van der Waals surface area contributed by atoms with Gasteiger partial charge in [-0.05, 0) is 29.8 Å². The van der Waals surface area contributed by atoms with Gasteiger partial charge in [0.2, 0.25) is 0 Å². The number of aryl methyl sites for hydroxylation is 1. The molecule has 9 heteroatoms. The van der Waals surface area contributed by atoms with Crippen molar-refractivity contribution in [2.75, 3.05) is 12.8 Å². The number of pyridine rings is 2. The van der Waals surface area contributed by atoms with Gasteiger partial charge in [-0.15, -0.1) is 0 Å². The number of nitrogens with zero attached hydrogens (tertiary/aromatic N) is 4. The van der Waals surface area contributed by atoms with Crippen molar-refractivity contribution in [3.8, 4) is 5.75 Å². The molecule has 3 heterocycles. The molecule has 1 aromatic carbocycles. The van der Waals surface area contributed by atoms with Crippen molar-refractivity contribution in [3.05, 3.63) is 77.6 Å². The molecule has 0 radical (unpaired) electrons. The van der Waals surface area contributed by atoms with Crippen molar-refractivity contribution in [1.82, 2.24) is 25.1 Å². The first-order valence-corrected chi connectivity index (χ1v) is 9.09. The van der Waals surface area contributed by atoms with Gasteiger partial charge in [0.1, 0.15) is 11.5 Å². The topological polar surface area (TPSA) is 108 Å². The second-order valence-electron chi connectivity index (χ2n) is 6.75. The quantitative estimate of drug-likeness (QED) is 0.528. The van der Waals surface area contributed by atoms with Crippen LogP contribution in [-0.2, 0) is 7.05 Å². The lowest BCUT2D eigenvalue weighted by molar-refractivity contribution is 0.0938. The summed E-state index contributed by atoms with van der Waals surface area (Å²) in [5, 5.41) is 7.84. The first-order chi connectivity index (χ1) is 14.4. The lowest BCUT2D eigenvalue weighted by Gasteiger charge is -2.18. The van der Waals surface area contributed by atoms with Crippen LogP contribution in [0.5, 0.6) is 5.75 Å². The van der Waals surface area contributed by atoms with E-state index >= 15 is 0 Å². The van der Waals surface area contributed by atoms with Crippen molar-refractivity contribution in [2.45, 2.75) is 6.04 Å². The van der Waals surface area contributed by atoms with E-state index in [9.17, 15) is 9.18 Å². The van der Waals surface area contributed by atoms with Gasteiger partial charge in [0.15, 0.2) is 11.6 Å². The molecule has 1 unspecified atom stereocenters. The highest BCUT2D eigenvalue weighted by molar-refractivity contribution is 5.95. The summed E-state index contributed by atoms with van der Waals surface area (Å²) in [4.78, 5) is 21.4. The van der Waals surface area contributed by atoms with Crippen molar-refractivity contribution in [3.63, 3.8) is 0 Å². The predicted octanol–water partition coefficient (Wildman–Crippen LogP) is 2.61. The van der Waals surface area contributed by atoms with Crippen molar-refractivity contribution in [2.24, 2.45) is 7.05 Å². The maximum absolute atomic E-state index is 14.3. The summed E-state index contributed by atoms with van der Waals surface area (Å²) in [6.45, 7) is 0. The van der Waals surface area contributed by atoms with Gasteiger partial charge in [-0.3, -0.25) is 9.48 Å². The number of halogens is 1. The number of amides is 1. The van der Waals surface area contributed by atoms with E-state index < -0.39 is 17.8 Å². The van der Waals surface area contributed by atoms with Crippen LogP contribution < -0.4 is 15.8 Å². The minimum atomic E-state index is -0.633. The Labute approximate surface area is 171 Å². The van der Waals surface area contributed by atoms with Crippen LogP contribution in [0.3, 0.4) is 0 Å². The molecule has 3 N–H and O–H groups in total. The molecule has 1 atom stereocenters. The van der Waals surface area contributed by atoms with Crippen LogP contribution >= 0.6 is 0 Å². The van der Waals surface area contributed by atoms with Crippen LogP contribution in [0.25, 0.3) is 10.9 Å². The first kappa shape index (κ1) is 19.3. The smallest absolute Gasteiger partial charge is 0.270 e. The Morgan fingerprint density at radius 2 is 2.03 bits per heavy atom. The molecule has 0 saturated heterocycles. The first-order valence-electron chi connectivity index (χ1n) is 9.09. The maximum atomic E-state index is 14.3. The summed E-state index contributed by atoms with van der Waals surface area (Å²) in [5.74, 6) is -0.505. The van der Waals surface area contributed by atoms with Crippen molar-refractivity contribution >= 4 is 22.6 Å². The zero-order valence-electron chi connectivity index (χ0n) is 16.3. The lowest BCUT2D eigenvalue weighted by atomic mass is 10.0. The monoisotopic (exact) mass is 406 g/mol. The molecule has 0 fully saturated rings. The van der Waals surface area contributed by atoms with Gasteiger partial charge in [0.05, 0.1) is 24.9 Å². The zero-order chi connectivity index (χ0) is 21.3. The molecule has 0 aliphatic rings. The number of carbonyl (C=O) groups is 1. The molecule has 152 valence electrons. The van der Waals surface area contributed by atoms with E-state index in [1.807, 2.05) is 0 Å². The number of ether oxygens (including phenoxy) is 1.